The molecule has 0 amide bonds. The molecule has 1 N–H and O–H groups in total. The normalized spacial score (nSPS) is 39.5. The van der Waals surface area contributed by atoms with E-state index in [1.54, 1.807) is 7.11 Å². The SMILES string of the molecule is COCCO[C@H]1[C@H]2OC(C)(C)O[C@H]2O[C@@H]1CO. The Morgan fingerprint density at radius 2 is 2.00 bits per heavy atom. The molecule has 0 radical (unpaired) electrons. The van der Waals surface area contributed by atoms with Gasteiger partial charge in [-0.1, -0.05) is 0 Å². The highest BCUT2D eigenvalue weighted by Gasteiger charge is 2.55. The van der Waals surface area contributed by atoms with Gasteiger partial charge in [0.2, 0.25) is 0 Å². The zero-order valence-corrected chi connectivity index (χ0v) is 10.4. The lowest BCUT2D eigenvalue weighted by molar-refractivity contribution is -0.222. The molecule has 6 nitrogen and oxygen atoms in total. The molecule has 0 bridgehead atoms. The monoisotopic (exact) mass is 248 g/mol. The van der Waals surface area contributed by atoms with Crippen molar-refractivity contribution in [2.75, 3.05) is 26.9 Å². The molecule has 0 unspecified atom stereocenters. The Morgan fingerprint density at radius 3 is 2.65 bits per heavy atom. The van der Waals surface area contributed by atoms with E-state index < -0.39 is 18.2 Å². The van der Waals surface area contributed by atoms with Crippen LogP contribution < -0.4 is 0 Å². The summed E-state index contributed by atoms with van der Waals surface area (Å²) >= 11 is 0. The highest BCUT2D eigenvalue weighted by atomic mass is 16.8. The lowest BCUT2D eigenvalue weighted by atomic mass is 10.1. The summed E-state index contributed by atoms with van der Waals surface area (Å²) in [6, 6.07) is 0. The van der Waals surface area contributed by atoms with Crippen LogP contribution in [-0.2, 0) is 23.7 Å². The summed E-state index contributed by atoms with van der Waals surface area (Å²) < 4.78 is 27.4. The van der Waals surface area contributed by atoms with Gasteiger partial charge in [-0.2, -0.15) is 0 Å². The number of hydrogen-bond acceptors (Lipinski definition) is 6. The molecular formula is C11H20O6. The maximum absolute atomic E-state index is 9.23. The Morgan fingerprint density at radius 1 is 1.24 bits per heavy atom. The molecule has 2 aliphatic rings. The van der Waals surface area contributed by atoms with Crippen LogP contribution in [0, 0.1) is 0 Å². The van der Waals surface area contributed by atoms with E-state index in [0.29, 0.717) is 13.2 Å². The summed E-state index contributed by atoms with van der Waals surface area (Å²) in [5.41, 5.74) is 0. The summed E-state index contributed by atoms with van der Waals surface area (Å²) in [4.78, 5) is 0. The first-order chi connectivity index (χ1) is 8.07. The second kappa shape index (κ2) is 5.17. The third-order valence-corrected chi connectivity index (χ3v) is 2.86. The van der Waals surface area contributed by atoms with Crippen LogP contribution in [0.2, 0.25) is 0 Å². The first-order valence-electron chi connectivity index (χ1n) is 5.80. The van der Waals surface area contributed by atoms with Crippen molar-refractivity contribution in [1.82, 2.24) is 0 Å². The van der Waals surface area contributed by atoms with Gasteiger partial charge in [-0.25, -0.2) is 0 Å². The van der Waals surface area contributed by atoms with Gasteiger partial charge in [0.05, 0.1) is 19.8 Å². The molecule has 0 aromatic rings. The second-order valence-corrected chi connectivity index (χ2v) is 4.65. The maximum Gasteiger partial charge on any atom is 0.190 e. The summed E-state index contributed by atoms with van der Waals surface area (Å²) in [6.45, 7) is 4.48. The summed E-state index contributed by atoms with van der Waals surface area (Å²) in [7, 11) is 1.61. The van der Waals surface area contributed by atoms with Crippen molar-refractivity contribution in [3.8, 4) is 0 Å². The van der Waals surface area contributed by atoms with Crippen molar-refractivity contribution in [2.24, 2.45) is 0 Å². The van der Waals surface area contributed by atoms with Gasteiger partial charge in [-0.15, -0.1) is 0 Å². The van der Waals surface area contributed by atoms with Crippen molar-refractivity contribution in [1.29, 1.82) is 0 Å². The summed E-state index contributed by atoms with van der Waals surface area (Å²) in [5.74, 6) is -0.668. The Balaban J connectivity index is 1.95. The molecule has 0 aromatic heterocycles. The topological polar surface area (TPSA) is 66.4 Å². The van der Waals surface area contributed by atoms with E-state index in [-0.39, 0.29) is 18.8 Å². The molecule has 2 aliphatic heterocycles. The summed E-state index contributed by atoms with van der Waals surface area (Å²) in [5, 5.41) is 9.23. The second-order valence-electron chi connectivity index (χ2n) is 4.65. The Hall–Kier alpha value is -0.240. The first kappa shape index (κ1) is 13.2. The number of aliphatic hydroxyl groups excluding tert-OH is 1. The molecule has 2 saturated heterocycles. The lowest BCUT2D eigenvalue weighted by Crippen LogP contribution is -2.39. The fraction of sp³-hybridized carbons (Fsp3) is 1.00. The van der Waals surface area contributed by atoms with Gasteiger partial charge in [0.15, 0.2) is 12.1 Å². The lowest BCUT2D eigenvalue weighted by Gasteiger charge is -2.24. The minimum atomic E-state index is -0.668. The minimum absolute atomic E-state index is 0.113. The van der Waals surface area contributed by atoms with Gasteiger partial charge in [0, 0.05) is 7.11 Å². The van der Waals surface area contributed by atoms with Crippen molar-refractivity contribution in [2.45, 2.75) is 44.2 Å². The maximum atomic E-state index is 9.23. The van der Waals surface area contributed by atoms with E-state index in [2.05, 4.69) is 0 Å². The highest BCUT2D eigenvalue weighted by molar-refractivity contribution is 4.93. The van der Waals surface area contributed by atoms with Crippen molar-refractivity contribution < 1.29 is 28.8 Å². The third kappa shape index (κ3) is 2.78. The molecule has 2 heterocycles. The Labute approximate surface area is 101 Å². The van der Waals surface area contributed by atoms with Crippen molar-refractivity contribution in [3.63, 3.8) is 0 Å². The Bertz CT molecular complexity index is 256. The average Bonchev–Trinajstić information content (AvgIpc) is 2.72. The van der Waals surface area contributed by atoms with E-state index in [9.17, 15) is 5.11 Å². The fourth-order valence-corrected chi connectivity index (χ4v) is 2.16. The predicted octanol–water partition coefficient (Wildman–Crippen LogP) is -0.113. The number of fused-ring (bicyclic) bond motifs is 1. The highest BCUT2D eigenvalue weighted by Crippen LogP contribution is 2.38. The number of aliphatic hydroxyl groups is 1. The first-order valence-corrected chi connectivity index (χ1v) is 5.80. The number of methoxy groups -OCH3 is 1. The van der Waals surface area contributed by atoms with Gasteiger partial charge >= 0.3 is 0 Å². The number of ether oxygens (including phenoxy) is 5. The molecule has 0 aliphatic carbocycles. The predicted molar refractivity (Wildman–Crippen MR) is 57.4 cm³/mol. The molecule has 17 heavy (non-hydrogen) atoms. The molecule has 2 fully saturated rings. The van der Waals surface area contributed by atoms with Crippen LogP contribution in [0.5, 0.6) is 0 Å². The Kier molecular flexibility index (Phi) is 4.02. The van der Waals surface area contributed by atoms with Gasteiger partial charge in [0.25, 0.3) is 0 Å². The van der Waals surface area contributed by atoms with E-state index in [1.807, 2.05) is 13.8 Å². The van der Waals surface area contributed by atoms with E-state index in [0.717, 1.165) is 0 Å². The molecule has 2 rings (SSSR count). The van der Waals surface area contributed by atoms with Crippen LogP contribution in [0.3, 0.4) is 0 Å². The van der Waals surface area contributed by atoms with Crippen LogP contribution in [0.4, 0.5) is 0 Å². The largest absolute Gasteiger partial charge is 0.394 e. The van der Waals surface area contributed by atoms with Crippen LogP contribution >= 0.6 is 0 Å². The van der Waals surface area contributed by atoms with Gasteiger partial charge in [-0.05, 0) is 13.8 Å². The smallest absolute Gasteiger partial charge is 0.190 e. The third-order valence-electron chi connectivity index (χ3n) is 2.86. The van der Waals surface area contributed by atoms with Crippen LogP contribution in [0.15, 0.2) is 0 Å². The standard InChI is InChI=1S/C11H20O6/c1-11(2)16-9-8(14-5-4-13-3)7(6-12)15-10(9)17-11/h7-10,12H,4-6H2,1-3H3/t7-,8-,9-,10-/m1/s1. The summed E-state index contributed by atoms with van der Waals surface area (Å²) in [6.07, 6.45) is -1.48. The van der Waals surface area contributed by atoms with Crippen molar-refractivity contribution >= 4 is 0 Å². The molecule has 0 spiro atoms. The zero-order valence-electron chi connectivity index (χ0n) is 10.4. The van der Waals surface area contributed by atoms with Crippen molar-refractivity contribution in [3.05, 3.63) is 0 Å². The molecule has 6 heteroatoms. The fourth-order valence-electron chi connectivity index (χ4n) is 2.16. The average molecular weight is 248 g/mol. The van der Waals surface area contributed by atoms with Gasteiger partial charge in [0.1, 0.15) is 18.3 Å². The van der Waals surface area contributed by atoms with E-state index >= 15 is 0 Å². The molecular weight excluding hydrogens is 228 g/mol. The quantitative estimate of drug-likeness (QED) is 0.685. The zero-order chi connectivity index (χ0) is 12.5. The number of hydrogen-bond donors (Lipinski definition) is 1. The molecule has 100 valence electrons. The van der Waals surface area contributed by atoms with Gasteiger partial charge < -0.3 is 28.8 Å². The number of rotatable bonds is 5. The van der Waals surface area contributed by atoms with E-state index in [1.165, 1.54) is 0 Å². The van der Waals surface area contributed by atoms with E-state index in [4.69, 9.17) is 23.7 Å². The molecule has 4 atom stereocenters. The molecule has 0 aromatic carbocycles. The minimum Gasteiger partial charge on any atom is -0.394 e. The van der Waals surface area contributed by atoms with Crippen LogP contribution in [0.25, 0.3) is 0 Å². The van der Waals surface area contributed by atoms with Crippen LogP contribution in [-0.4, -0.2) is 62.4 Å². The van der Waals surface area contributed by atoms with Gasteiger partial charge in [-0.3, -0.25) is 0 Å². The van der Waals surface area contributed by atoms with Crippen LogP contribution in [0.1, 0.15) is 13.8 Å². The molecule has 0 saturated carbocycles.